The number of carbonyl (C=O) groups is 2. The van der Waals surface area contributed by atoms with Gasteiger partial charge in [-0.2, -0.15) is 14.6 Å². The third-order valence-corrected chi connectivity index (χ3v) is 13.1. The number of fused-ring (bicyclic) bond motifs is 2. The van der Waals surface area contributed by atoms with Crippen LogP contribution in [0.5, 0.6) is 5.75 Å². The first kappa shape index (κ1) is 42.9. The van der Waals surface area contributed by atoms with Crippen molar-refractivity contribution >= 4 is 51.4 Å². The monoisotopic (exact) mass is 853 g/mol. The topological polar surface area (TPSA) is 197 Å². The van der Waals surface area contributed by atoms with E-state index in [1.165, 1.54) is 27.4 Å². The van der Waals surface area contributed by atoms with Crippen molar-refractivity contribution < 1.29 is 22.9 Å². The molecule has 16 nitrogen and oxygen atoms in total. The summed E-state index contributed by atoms with van der Waals surface area (Å²) in [5.41, 5.74) is 4.88. The van der Waals surface area contributed by atoms with Gasteiger partial charge < -0.3 is 30.0 Å². The van der Waals surface area contributed by atoms with Crippen LogP contribution in [0.4, 0.5) is 20.8 Å². The molecule has 2 aromatic carbocycles. The Kier molecular flexibility index (Phi) is 13.1. The number of aryl methyl sites for hydroxylation is 1. The maximum Gasteiger partial charge on any atom is 0.326 e. The van der Waals surface area contributed by atoms with Gasteiger partial charge in [-0.1, -0.05) is 25.1 Å². The predicted molar refractivity (Wildman–Crippen MR) is 232 cm³/mol. The Balaban J connectivity index is 0.000000501. The predicted octanol–water partition coefficient (Wildman–Crippen LogP) is 6.48. The molecule has 1 saturated carbocycles. The molecule has 8 rings (SSSR count). The molecule has 4 N–H and O–H groups in total. The van der Waals surface area contributed by atoms with Crippen molar-refractivity contribution in [2.45, 2.75) is 75.0 Å². The summed E-state index contributed by atoms with van der Waals surface area (Å²) in [7, 11) is 3.58. The number of nitrogens with zero attached hydrogens (tertiary/aromatic N) is 7. The number of hydrogen-bond donors (Lipinski definition) is 4. The molecule has 0 saturated heterocycles. The van der Waals surface area contributed by atoms with E-state index in [2.05, 4.69) is 66.0 Å². The average Bonchev–Trinajstić information content (AvgIpc) is 3.99. The highest BCUT2D eigenvalue weighted by molar-refractivity contribution is 7.85. The molecule has 0 radical (unpaired) electrons. The molecular weight excluding hydrogens is 802 g/mol. The number of ether oxygens (including phenoxy) is 1. The summed E-state index contributed by atoms with van der Waals surface area (Å²) in [5, 5.41) is 16.5. The van der Waals surface area contributed by atoms with Crippen molar-refractivity contribution in [3.05, 3.63) is 89.1 Å². The second-order valence-corrected chi connectivity index (χ2v) is 17.8. The lowest BCUT2D eigenvalue weighted by Gasteiger charge is -2.40. The zero-order chi connectivity index (χ0) is 43.4. The Bertz CT molecular complexity index is 2610. The van der Waals surface area contributed by atoms with Gasteiger partial charge in [-0.3, -0.25) is 13.9 Å². The molecule has 3 unspecified atom stereocenters. The van der Waals surface area contributed by atoms with Crippen LogP contribution in [-0.2, 0) is 22.6 Å². The summed E-state index contributed by atoms with van der Waals surface area (Å²) in [5.74, 6) is 1.95. The van der Waals surface area contributed by atoms with Gasteiger partial charge in [0.25, 0.3) is 0 Å². The van der Waals surface area contributed by atoms with Crippen LogP contribution in [0, 0.1) is 23.6 Å². The molecule has 2 aliphatic carbocycles. The minimum Gasteiger partial charge on any atom is -0.485 e. The first-order chi connectivity index (χ1) is 29.3. The lowest BCUT2D eigenvalue weighted by molar-refractivity contribution is -0.108. The lowest BCUT2D eigenvalue weighted by Crippen LogP contribution is -2.35. The standard InChI is InChI=1S/C37H40FN9O3S.C6H12N2O2/c1-20(2)50-34-33(26-17-40-41-18-26)39-19-47-35(34)44-36(45-47)42-30-10-8-28(16-29(30)38)51(49)27-7-5-21(3)24(14-27)11-22-12-25(13-22)23-6-9-31-32(15-23)46(4)37(48)43-31;1-7-6(10)8(2)4-3-5-9/h5-10,15-22,24-25,27H,11-14H2,1-4H3,(H,40,41)(H,42,45)(H,43,48);5H,3-4H2,1-2H3,(H,7,10)/t21-,22?,24?,25?,27?,51?;/m1./s1. The van der Waals surface area contributed by atoms with Crippen LogP contribution in [0.1, 0.15) is 64.4 Å². The zero-order valence-electron chi connectivity index (χ0n) is 35.1. The Hall–Kier alpha value is -6.17. The highest BCUT2D eigenvalue weighted by Crippen LogP contribution is 2.47. The minimum atomic E-state index is -1.41. The quantitative estimate of drug-likeness (QED) is 0.0737. The number of benzene rings is 2. The number of urea groups is 1. The van der Waals surface area contributed by atoms with Gasteiger partial charge in [0.2, 0.25) is 11.6 Å². The third-order valence-electron chi connectivity index (χ3n) is 11.5. The summed E-state index contributed by atoms with van der Waals surface area (Å²) in [6.45, 7) is 6.53. The van der Waals surface area contributed by atoms with Gasteiger partial charge in [0.1, 0.15) is 24.1 Å². The molecule has 61 heavy (non-hydrogen) atoms. The van der Waals surface area contributed by atoms with E-state index in [-0.39, 0.29) is 34.7 Å². The third kappa shape index (κ3) is 9.58. The van der Waals surface area contributed by atoms with Crippen LogP contribution in [0.2, 0.25) is 0 Å². The molecule has 1 fully saturated rings. The van der Waals surface area contributed by atoms with E-state index in [0.29, 0.717) is 58.6 Å². The van der Waals surface area contributed by atoms with E-state index in [1.807, 2.05) is 26.0 Å². The average molecular weight is 854 g/mol. The number of allylic oxidation sites excluding steroid dienone is 1. The molecule has 0 spiro atoms. The Morgan fingerprint density at radius 1 is 1.16 bits per heavy atom. The Morgan fingerprint density at radius 2 is 1.97 bits per heavy atom. The number of H-pyrrole nitrogens is 2. The summed E-state index contributed by atoms with van der Waals surface area (Å²) in [6, 6.07) is 10.7. The second kappa shape index (κ2) is 18.6. The first-order valence-corrected chi connectivity index (χ1v) is 21.7. The highest BCUT2D eigenvalue weighted by atomic mass is 32.2. The summed E-state index contributed by atoms with van der Waals surface area (Å²) < 4.78 is 38.5. The number of carbonyl (C=O) groups excluding carboxylic acids is 2. The van der Waals surface area contributed by atoms with Crippen LogP contribution in [0.3, 0.4) is 0 Å². The Morgan fingerprint density at radius 3 is 2.67 bits per heavy atom. The summed E-state index contributed by atoms with van der Waals surface area (Å²) in [6.07, 6.45) is 14.2. The molecular formula is C43H52FN11O5S. The largest absolute Gasteiger partial charge is 0.485 e. The number of hydrogen-bond acceptors (Lipinski definition) is 10. The number of rotatable bonds is 13. The maximum absolute atomic E-state index is 15.5. The van der Waals surface area contributed by atoms with Crippen molar-refractivity contribution in [3.63, 3.8) is 0 Å². The van der Waals surface area contributed by atoms with E-state index in [4.69, 9.17) is 4.74 Å². The molecule has 4 aromatic heterocycles. The van der Waals surface area contributed by atoms with Crippen LogP contribution in [0.15, 0.2) is 77.0 Å². The molecule has 4 atom stereocenters. The van der Waals surface area contributed by atoms with Crippen molar-refractivity contribution in [1.82, 2.24) is 49.5 Å². The number of aldehydes is 1. The first-order valence-electron chi connectivity index (χ1n) is 20.4. The van der Waals surface area contributed by atoms with E-state index in [1.54, 1.807) is 50.2 Å². The summed E-state index contributed by atoms with van der Waals surface area (Å²) in [4.78, 5) is 46.5. The molecule has 18 heteroatoms. The van der Waals surface area contributed by atoms with E-state index < -0.39 is 16.6 Å². The fourth-order valence-electron chi connectivity index (χ4n) is 8.02. The summed E-state index contributed by atoms with van der Waals surface area (Å²) >= 11 is 0. The van der Waals surface area contributed by atoms with Gasteiger partial charge in [0, 0.05) is 50.8 Å². The van der Waals surface area contributed by atoms with Crippen LogP contribution < -0.4 is 21.1 Å². The fraction of sp³-hybridized carbons (Fsp3) is 0.419. The maximum atomic E-state index is 15.5. The van der Waals surface area contributed by atoms with E-state index in [9.17, 15) is 18.6 Å². The molecule has 0 bridgehead atoms. The van der Waals surface area contributed by atoms with Crippen LogP contribution >= 0.6 is 0 Å². The van der Waals surface area contributed by atoms with Crippen molar-refractivity contribution in [3.8, 4) is 17.0 Å². The highest BCUT2D eigenvalue weighted by Gasteiger charge is 2.36. The van der Waals surface area contributed by atoms with Crippen LogP contribution in [-0.4, -0.2) is 92.8 Å². The van der Waals surface area contributed by atoms with Gasteiger partial charge in [0.05, 0.1) is 45.1 Å². The normalized spacial score (nSPS) is 20.2. The SMILES string of the molecule is CC(C)Oc1c(-c2cn[nH]c2)ncn2nc(Nc3ccc(S(=O)C4C=C[C@@H](C)C(CC5CC(c6ccc7[nH]c(=O)n(C)c7c6)C5)C4)cc3F)nc12.CNC(=O)N(C)CCC=O. The number of imidazole rings is 1. The molecule has 2 amide bonds. The van der Waals surface area contributed by atoms with Crippen molar-refractivity contribution in [2.24, 2.45) is 24.8 Å². The van der Waals surface area contributed by atoms with Crippen molar-refractivity contribution in [2.75, 3.05) is 26.0 Å². The van der Waals surface area contributed by atoms with Gasteiger partial charge >= 0.3 is 11.7 Å². The smallest absolute Gasteiger partial charge is 0.326 e. The second-order valence-electron chi connectivity index (χ2n) is 16.1. The lowest BCUT2D eigenvalue weighted by atomic mass is 9.66. The van der Waals surface area contributed by atoms with Gasteiger partial charge in [-0.25, -0.2) is 19.0 Å². The van der Waals surface area contributed by atoms with Gasteiger partial charge in [-0.15, -0.1) is 5.10 Å². The number of aromatic amines is 2. The molecule has 0 aliphatic heterocycles. The number of aromatic nitrogens is 8. The van der Waals surface area contributed by atoms with Gasteiger partial charge in [0.15, 0.2) is 5.75 Å². The minimum absolute atomic E-state index is 0.0961. The van der Waals surface area contributed by atoms with Gasteiger partial charge in [-0.05, 0) is 99.1 Å². The van der Waals surface area contributed by atoms with Crippen molar-refractivity contribution in [1.29, 1.82) is 0 Å². The molecule has 6 aromatic rings. The number of anilines is 2. The molecule has 322 valence electrons. The molecule has 4 heterocycles. The van der Waals surface area contributed by atoms with E-state index >= 15 is 4.39 Å². The molecule has 2 aliphatic rings. The zero-order valence-corrected chi connectivity index (χ0v) is 35.9. The fourth-order valence-corrected chi connectivity index (χ4v) is 9.44. The Labute approximate surface area is 354 Å². The number of amides is 2. The number of nitrogens with one attached hydrogen (secondary N) is 4. The van der Waals surface area contributed by atoms with Crippen LogP contribution in [0.25, 0.3) is 27.9 Å². The number of halogens is 1. The van der Waals surface area contributed by atoms with E-state index in [0.717, 1.165) is 48.6 Å².